The predicted molar refractivity (Wildman–Crippen MR) is 47.3 cm³/mol. The fourth-order valence-corrected chi connectivity index (χ4v) is 0.725. The van der Waals surface area contributed by atoms with Crippen LogP contribution in [-0.4, -0.2) is 30.6 Å². The van der Waals surface area contributed by atoms with Crippen LogP contribution in [0.1, 0.15) is 6.92 Å². The smallest absolute Gasteiger partial charge is 0.316 e. The number of carbonyl (C=O) groups excluding carboxylic acids is 1. The van der Waals surface area contributed by atoms with Crippen LogP contribution in [0.4, 0.5) is 8.78 Å². The molecule has 0 aromatic carbocycles. The standard InChI is InChI=1S/C9H11F2NO2/c1-4-6-12(7-5-2)8(13)9(10,11)14-3/h1,5,7H,6H2,2-3H3/b7-5-. The van der Waals surface area contributed by atoms with Gasteiger partial charge in [0.2, 0.25) is 0 Å². The molecule has 78 valence electrons. The number of alkyl halides is 2. The Morgan fingerprint density at radius 3 is 2.64 bits per heavy atom. The van der Waals surface area contributed by atoms with Crippen LogP contribution in [0.5, 0.6) is 0 Å². The van der Waals surface area contributed by atoms with Crippen molar-refractivity contribution in [2.24, 2.45) is 0 Å². The Kier molecular flexibility index (Phi) is 4.81. The zero-order valence-corrected chi connectivity index (χ0v) is 7.96. The molecule has 0 aliphatic heterocycles. The Balaban J connectivity index is 4.69. The van der Waals surface area contributed by atoms with E-state index in [4.69, 9.17) is 6.42 Å². The average molecular weight is 203 g/mol. The normalized spacial score (nSPS) is 11.4. The molecule has 0 atom stereocenters. The maximum Gasteiger partial charge on any atom is 0.436 e. The first-order valence-corrected chi connectivity index (χ1v) is 3.80. The number of halogens is 2. The molecule has 0 saturated carbocycles. The molecular weight excluding hydrogens is 192 g/mol. The molecule has 5 heteroatoms. The molecule has 0 heterocycles. The molecule has 0 aliphatic rings. The summed E-state index contributed by atoms with van der Waals surface area (Å²) in [6.07, 6.45) is 3.69. The van der Waals surface area contributed by atoms with E-state index >= 15 is 0 Å². The van der Waals surface area contributed by atoms with Gasteiger partial charge in [0.15, 0.2) is 0 Å². The van der Waals surface area contributed by atoms with E-state index in [0.717, 1.165) is 7.11 Å². The van der Waals surface area contributed by atoms with Crippen molar-refractivity contribution in [1.29, 1.82) is 0 Å². The molecule has 0 aromatic heterocycles. The summed E-state index contributed by atoms with van der Waals surface area (Å²) < 4.78 is 29.2. The van der Waals surface area contributed by atoms with Crippen molar-refractivity contribution in [3.05, 3.63) is 12.3 Å². The zero-order chi connectivity index (χ0) is 11.2. The van der Waals surface area contributed by atoms with Gasteiger partial charge in [-0.1, -0.05) is 12.0 Å². The first-order chi connectivity index (χ1) is 6.49. The van der Waals surface area contributed by atoms with Crippen molar-refractivity contribution in [2.75, 3.05) is 13.7 Å². The summed E-state index contributed by atoms with van der Waals surface area (Å²) in [5.74, 6) is 0.619. The second-order valence-electron chi connectivity index (χ2n) is 2.34. The van der Waals surface area contributed by atoms with Gasteiger partial charge >= 0.3 is 12.0 Å². The minimum Gasteiger partial charge on any atom is -0.316 e. The van der Waals surface area contributed by atoms with E-state index in [1.54, 1.807) is 6.92 Å². The molecule has 3 nitrogen and oxygen atoms in total. The summed E-state index contributed by atoms with van der Waals surface area (Å²) in [4.78, 5) is 11.8. The summed E-state index contributed by atoms with van der Waals surface area (Å²) in [6.45, 7) is 1.36. The van der Waals surface area contributed by atoms with Crippen molar-refractivity contribution in [2.45, 2.75) is 13.0 Å². The molecule has 0 aliphatic carbocycles. The molecule has 0 aromatic rings. The average Bonchev–Trinajstić information content (AvgIpc) is 2.16. The highest BCUT2D eigenvalue weighted by Gasteiger charge is 2.41. The number of rotatable bonds is 4. The van der Waals surface area contributed by atoms with E-state index in [2.05, 4.69) is 10.7 Å². The summed E-state index contributed by atoms with van der Waals surface area (Å²) in [7, 11) is 0.752. The minimum atomic E-state index is -3.84. The van der Waals surface area contributed by atoms with Crippen LogP contribution in [0.2, 0.25) is 0 Å². The third-order valence-electron chi connectivity index (χ3n) is 1.36. The largest absolute Gasteiger partial charge is 0.436 e. The highest BCUT2D eigenvalue weighted by atomic mass is 19.3. The van der Waals surface area contributed by atoms with Gasteiger partial charge in [0, 0.05) is 13.3 Å². The van der Waals surface area contributed by atoms with E-state index in [1.165, 1.54) is 12.3 Å². The van der Waals surface area contributed by atoms with E-state index in [0.29, 0.717) is 4.90 Å². The third-order valence-corrected chi connectivity index (χ3v) is 1.36. The number of amides is 1. The Hall–Kier alpha value is -1.41. The van der Waals surface area contributed by atoms with Gasteiger partial charge in [-0.25, -0.2) is 0 Å². The van der Waals surface area contributed by atoms with Crippen LogP contribution in [0.3, 0.4) is 0 Å². The third kappa shape index (κ3) is 3.15. The molecule has 0 radical (unpaired) electrons. The van der Waals surface area contributed by atoms with Crippen LogP contribution in [0.25, 0.3) is 0 Å². The molecular formula is C9H11F2NO2. The van der Waals surface area contributed by atoms with E-state index in [-0.39, 0.29) is 6.54 Å². The van der Waals surface area contributed by atoms with Crippen LogP contribution < -0.4 is 0 Å². The summed E-state index contributed by atoms with van der Waals surface area (Å²) >= 11 is 0. The first kappa shape index (κ1) is 12.6. The second-order valence-corrected chi connectivity index (χ2v) is 2.34. The highest BCUT2D eigenvalue weighted by Crippen LogP contribution is 2.17. The van der Waals surface area contributed by atoms with E-state index in [9.17, 15) is 13.6 Å². The van der Waals surface area contributed by atoms with Crippen molar-refractivity contribution in [1.82, 2.24) is 4.90 Å². The molecule has 14 heavy (non-hydrogen) atoms. The molecule has 0 rings (SSSR count). The summed E-state index contributed by atoms with van der Waals surface area (Å²) in [5, 5.41) is 0. The monoisotopic (exact) mass is 203 g/mol. The van der Waals surface area contributed by atoms with Gasteiger partial charge in [-0.15, -0.1) is 6.42 Å². The second kappa shape index (κ2) is 5.35. The van der Waals surface area contributed by atoms with Crippen LogP contribution in [0.15, 0.2) is 12.3 Å². The quantitative estimate of drug-likeness (QED) is 0.643. The van der Waals surface area contributed by atoms with Crippen molar-refractivity contribution < 1.29 is 18.3 Å². The topological polar surface area (TPSA) is 29.5 Å². The lowest BCUT2D eigenvalue weighted by atomic mass is 10.4. The molecule has 0 fully saturated rings. The lowest BCUT2D eigenvalue weighted by Gasteiger charge is -2.20. The number of nitrogens with zero attached hydrogens (tertiary/aromatic N) is 1. The number of carbonyl (C=O) groups is 1. The van der Waals surface area contributed by atoms with Crippen molar-refractivity contribution in [3.8, 4) is 12.3 Å². The fourth-order valence-electron chi connectivity index (χ4n) is 0.725. The molecule has 0 saturated heterocycles. The highest BCUT2D eigenvalue weighted by molar-refractivity contribution is 5.83. The van der Waals surface area contributed by atoms with Gasteiger partial charge in [-0.05, 0) is 6.92 Å². The zero-order valence-electron chi connectivity index (χ0n) is 7.96. The van der Waals surface area contributed by atoms with Gasteiger partial charge in [0.25, 0.3) is 0 Å². The predicted octanol–water partition coefficient (Wildman–Crippen LogP) is 1.22. The van der Waals surface area contributed by atoms with Crippen LogP contribution in [0, 0.1) is 12.3 Å². The summed E-state index contributed by atoms with van der Waals surface area (Å²) in [5.41, 5.74) is 0. The van der Waals surface area contributed by atoms with Crippen LogP contribution in [-0.2, 0) is 9.53 Å². The Bertz CT molecular complexity index is 268. The van der Waals surface area contributed by atoms with Gasteiger partial charge in [-0.2, -0.15) is 8.78 Å². The molecule has 0 unspecified atom stereocenters. The van der Waals surface area contributed by atoms with Crippen LogP contribution >= 0.6 is 0 Å². The molecule has 0 spiro atoms. The number of hydrogen-bond acceptors (Lipinski definition) is 2. The lowest BCUT2D eigenvalue weighted by molar-refractivity contribution is -0.225. The first-order valence-electron chi connectivity index (χ1n) is 3.80. The maximum absolute atomic E-state index is 12.7. The number of methoxy groups -OCH3 is 1. The Morgan fingerprint density at radius 1 is 1.71 bits per heavy atom. The Morgan fingerprint density at radius 2 is 2.29 bits per heavy atom. The van der Waals surface area contributed by atoms with Gasteiger partial charge in [0.1, 0.15) is 0 Å². The number of terminal acetylenes is 1. The van der Waals surface area contributed by atoms with Crippen molar-refractivity contribution in [3.63, 3.8) is 0 Å². The Labute approximate surface area is 81.3 Å². The lowest BCUT2D eigenvalue weighted by Crippen LogP contribution is -2.42. The summed E-state index contributed by atoms with van der Waals surface area (Å²) in [6, 6.07) is 0. The van der Waals surface area contributed by atoms with Crippen molar-refractivity contribution >= 4 is 5.91 Å². The molecule has 0 N–H and O–H groups in total. The molecule has 0 bridgehead atoms. The number of ether oxygens (including phenoxy) is 1. The molecule has 1 amide bonds. The SMILES string of the molecule is C#CCN(/C=C\C)C(=O)C(F)(F)OC. The van der Waals surface area contributed by atoms with Gasteiger partial charge in [0.05, 0.1) is 6.54 Å². The number of allylic oxidation sites excluding steroid dienone is 1. The van der Waals surface area contributed by atoms with Gasteiger partial charge < -0.3 is 9.64 Å². The fraction of sp³-hybridized carbons (Fsp3) is 0.444. The van der Waals surface area contributed by atoms with E-state index in [1.807, 2.05) is 0 Å². The minimum absolute atomic E-state index is 0.220. The van der Waals surface area contributed by atoms with E-state index < -0.39 is 12.0 Å². The maximum atomic E-state index is 12.7. The number of hydrogen-bond donors (Lipinski definition) is 0. The van der Waals surface area contributed by atoms with Gasteiger partial charge in [-0.3, -0.25) is 4.79 Å².